The number of fused-ring (bicyclic) bond motifs is 1. The van der Waals surface area contributed by atoms with Crippen molar-refractivity contribution in [3.8, 4) is 0 Å². The summed E-state index contributed by atoms with van der Waals surface area (Å²) >= 11 is 6.06. The minimum atomic E-state index is -1.16. The predicted molar refractivity (Wildman–Crippen MR) is 74.9 cm³/mol. The second-order valence-electron chi connectivity index (χ2n) is 3.24. The molecule has 4 nitrogen and oxygen atoms in total. The van der Waals surface area contributed by atoms with Crippen LogP contribution in [0.3, 0.4) is 0 Å². The highest BCUT2D eigenvalue weighted by Crippen LogP contribution is 2.30. The van der Waals surface area contributed by atoms with E-state index in [-0.39, 0.29) is 0 Å². The average Bonchev–Trinajstić information content (AvgIpc) is 2.71. The van der Waals surface area contributed by atoms with E-state index in [9.17, 15) is 4.21 Å². The number of rotatable bonds is 2. The Kier molecular flexibility index (Phi) is 4.96. The molecular weight excluding hydrogens is 258 g/mol. The second-order valence-corrected chi connectivity index (χ2v) is 4.76. The molecule has 0 radical (unpaired) electrons. The van der Waals surface area contributed by atoms with Crippen LogP contribution in [0.15, 0.2) is 12.1 Å². The largest absolute Gasteiger partial charge is 0.288 e. The molecule has 6 heteroatoms. The maximum atomic E-state index is 11.1. The molecule has 0 aliphatic carbocycles. The van der Waals surface area contributed by atoms with Crippen molar-refractivity contribution in [2.24, 2.45) is 0 Å². The monoisotopic (exact) mass is 273 g/mol. The normalized spacial score (nSPS) is 11.8. The van der Waals surface area contributed by atoms with E-state index in [1.54, 1.807) is 12.3 Å². The maximum absolute atomic E-state index is 11.1. The van der Waals surface area contributed by atoms with Crippen molar-refractivity contribution in [3.63, 3.8) is 0 Å². The van der Waals surface area contributed by atoms with Gasteiger partial charge in [0.05, 0.1) is 15.9 Å². The fourth-order valence-electron chi connectivity index (χ4n) is 1.43. The Hall–Kier alpha value is -1.07. The molecule has 0 fully saturated rings. The molecule has 1 atom stereocenters. The van der Waals surface area contributed by atoms with Gasteiger partial charge >= 0.3 is 0 Å². The first-order valence-electron chi connectivity index (χ1n) is 5.33. The minimum Gasteiger partial charge on any atom is -0.288 e. The Balaban J connectivity index is 0.000000686. The topological polar surface area (TPSA) is 57.8 Å². The lowest BCUT2D eigenvalue weighted by Crippen LogP contribution is -2.01. The number of nitrogens with one attached hydrogen (secondary N) is 2. The average molecular weight is 274 g/mol. The van der Waals surface area contributed by atoms with Crippen molar-refractivity contribution >= 4 is 39.3 Å². The van der Waals surface area contributed by atoms with Gasteiger partial charge in [-0.25, -0.2) is 4.21 Å². The number of hydrogen-bond donors (Lipinski definition) is 2. The number of hydrogen-bond acceptors (Lipinski definition) is 2. The maximum Gasteiger partial charge on any atom is 0.168 e. The van der Waals surface area contributed by atoms with Crippen LogP contribution in [0, 0.1) is 6.92 Å². The van der Waals surface area contributed by atoms with Crippen molar-refractivity contribution < 1.29 is 4.21 Å². The van der Waals surface area contributed by atoms with Gasteiger partial charge in [-0.05, 0) is 18.6 Å². The Morgan fingerprint density at radius 1 is 1.41 bits per heavy atom. The summed E-state index contributed by atoms with van der Waals surface area (Å²) in [7, 11) is -1.16. The van der Waals surface area contributed by atoms with E-state index >= 15 is 0 Å². The number of aromatic amines is 1. The van der Waals surface area contributed by atoms with Crippen LogP contribution >= 0.6 is 11.6 Å². The van der Waals surface area contributed by atoms with Crippen LogP contribution in [0.5, 0.6) is 0 Å². The Bertz CT molecular complexity index is 539. The van der Waals surface area contributed by atoms with Crippen molar-refractivity contribution in [2.45, 2.75) is 20.8 Å². The predicted octanol–water partition coefficient (Wildman–Crippen LogP) is 3.26. The first-order chi connectivity index (χ1) is 8.09. The zero-order valence-electron chi connectivity index (χ0n) is 10.3. The molecule has 0 spiro atoms. The molecule has 1 aromatic heterocycles. The van der Waals surface area contributed by atoms with Crippen molar-refractivity contribution in [2.75, 3.05) is 11.0 Å². The summed E-state index contributed by atoms with van der Waals surface area (Å²) in [6.45, 7) is 5.96. The molecule has 1 aromatic carbocycles. The van der Waals surface area contributed by atoms with Gasteiger partial charge in [0.15, 0.2) is 5.82 Å². The van der Waals surface area contributed by atoms with Crippen molar-refractivity contribution in [1.82, 2.24) is 10.2 Å². The molecule has 0 saturated carbocycles. The Morgan fingerprint density at radius 3 is 2.65 bits per heavy atom. The van der Waals surface area contributed by atoms with E-state index in [2.05, 4.69) is 14.9 Å². The van der Waals surface area contributed by atoms with E-state index in [1.807, 2.05) is 26.8 Å². The first-order valence-corrected chi connectivity index (χ1v) is 7.26. The summed E-state index contributed by atoms with van der Waals surface area (Å²) in [6, 6.07) is 3.72. The Labute approximate surface area is 108 Å². The molecule has 0 aliphatic heterocycles. The molecule has 0 saturated heterocycles. The van der Waals surface area contributed by atoms with Gasteiger partial charge in [-0.3, -0.25) is 9.82 Å². The first kappa shape index (κ1) is 14.0. The number of anilines is 1. The summed E-state index contributed by atoms with van der Waals surface area (Å²) in [5.74, 6) is 0.527. The Morgan fingerprint density at radius 2 is 2.06 bits per heavy atom. The van der Waals surface area contributed by atoms with Crippen LogP contribution in [0.25, 0.3) is 10.9 Å². The summed E-state index contributed by atoms with van der Waals surface area (Å²) in [6.07, 6.45) is 1.55. The fourth-order valence-corrected chi connectivity index (χ4v) is 2.10. The lowest BCUT2D eigenvalue weighted by atomic mass is 10.1. The van der Waals surface area contributed by atoms with Crippen molar-refractivity contribution in [1.29, 1.82) is 0 Å². The van der Waals surface area contributed by atoms with Gasteiger partial charge in [0, 0.05) is 6.26 Å². The lowest BCUT2D eigenvalue weighted by molar-refractivity contribution is 0.689. The van der Waals surface area contributed by atoms with Crippen LogP contribution in [0.4, 0.5) is 5.82 Å². The highest BCUT2D eigenvalue weighted by molar-refractivity contribution is 7.85. The smallest absolute Gasteiger partial charge is 0.168 e. The van der Waals surface area contributed by atoms with Crippen LogP contribution in [0.2, 0.25) is 5.02 Å². The number of halogens is 1. The zero-order chi connectivity index (χ0) is 13.0. The van der Waals surface area contributed by atoms with Gasteiger partial charge in [0.1, 0.15) is 11.0 Å². The van der Waals surface area contributed by atoms with E-state index in [4.69, 9.17) is 11.6 Å². The molecule has 17 heavy (non-hydrogen) atoms. The van der Waals surface area contributed by atoms with Gasteiger partial charge < -0.3 is 0 Å². The molecule has 94 valence electrons. The molecule has 2 N–H and O–H groups in total. The van der Waals surface area contributed by atoms with Gasteiger partial charge in [0.25, 0.3) is 0 Å². The SMILES string of the molecule is CC.Cc1ccc(Cl)c2c(NS(C)=O)n[nH]c12. The van der Waals surface area contributed by atoms with Crippen LogP contribution in [-0.2, 0) is 11.0 Å². The molecule has 2 rings (SSSR count). The van der Waals surface area contributed by atoms with Gasteiger partial charge in [-0.1, -0.05) is 31.5 Å². The number of nitrogens with zero attached hydrogens (tertiary/aromatic N) is 1. The third kappa shape index (κ3) is 2.98. The summed E-state index contributed by atoms with van der Waals surface area (Å²) in [5.41, 5.74) is 1.92. The molecule has 0 bridgehead atoms. The van der Waals surface area contributed by atoms with Crippen LogP contribution in [0.1, 0.15) is 19.4 Å². The highest BCUT2D eigenvalue weighted by Gasteiger charge is 2.11. The molecule has 1 unspecified atom stereocenters. The summed E-state index contributed by atoms with van der Waals surface area (Å²) < 4.78 is 13.8. The number of aryl methyl sites for hydroxylation is 1. The third-order valence-corrected chi connectivity index (χ3v) is 2.92. The molecular formula is C11H16ClN3OS. The lowest BCUT2D eigenvalue weighted by Gasteiger charge is -2.00. The minimum absolute atomic E-state index is 0.527. The van der Waals surface area contributed by atoms with Gasteiger partial charge in [0.2, 0.25) is 0 Å². The van der Waals surface area contributed by atoms with Gasteiger partial charge in [-0.2, -0.15) is 5.10 Å². The molecule has 1 heterocycles. The van der Waals surface area contributed by atoms with E-state index in [0.717, 1.165) is 16.5 Å². The highest BCUT2D eigenvalue weighted by atomic mass is 35.5. The third-order valence-electron chi connectivity index (χ3n) is 2.12. The summed E-state index contributed by atoms with van der Waals surface area (Å²) in [4.78, 5) is 0. The van der Waals surface area contributed by atoms with Gasteiger partial charge in [-0.15, -0.1) is 0 Å². The molecule has 0 amide bonds. The van der Waals surface area contributed by atoms with Crippen LogP contribution in [-0.4, -0.2) is 20.7 Å². The number of benzene rings is 1. The zero-order valence-corrected chi connectivity index (χ0v) is 11.9. The van der Waals surface area contributed by atoms with E-state index < -0.39 is 11.0 Å². The van der Waals surface area contributed by atoms with E-state index in [1.165, 1.54) is 0 Å². The van der Waals surface area contributed by atoms with E-state index in [0.29, 0.717) is 10.8 Å². The van der Waals surface area contributed by atoms with Crippen LogP contribution < -0.4 is 4.72 Å². The van der Waals surface area contributed by atoms with Crippen molar-refractivity contribution in [3.05, 3.63) is 22.7 Å². The molecule has 0 aliphatic rings. The second kappa shape index (κ2) is 6.02. The number of aromatic nitrogens is 2. The fraction of sp³-hybridized carbons (Fsp3) is 0.364. The standard InChI is InChI=1S/C9H10ClN3OS.C2H6/c1-5-3-4-6(10)7-8(5)11-12-9(7)13-15(2)14;1-2/h3-4H,1-2H3,(H2,11,12,13);1-2H3. The quantitative estimate of drug-likeness (QED) is 0.882. The molecule has 2 aromatic rings. The number of H-pyrrole nitrogens is 1. The summed E-state index contributed by atoms with van der Waals surface area (Å²) in [5, 5.41) is 8.29.